The molecule has 0 radical (unpaired) electrons. The average Bonchev–Trinajstić information content (AvgIpc) is 2.83. The van der Waals surface area contributed by atoms with Gasteiger partial charge in [-0.3, -0.25) is 9.20 Å². The summed E-state index contributed by atoms with van der Waals surface area (Å²) >= 11 is 0. The van der Waals surface area contributed by atoms with Crippen LogP contribution in [0.2, 0.25) is 0 Å². The van der Waals surface area contributed by atoms with Gasteiger partial charge in [0.2, 0.25) is 0 Å². The minimum absolute atomic E-state index is 0.0498. The van der Waals surface area contributed by atoms with Gasteiger partial charge in [0.15, 0.2) is 17.5 Å². The van der Waals surface area contributed by atoms with E-state index in [4.69, 9.17) is 0 Å². The first-order valence-corrected chi connectivity index (χ1v) is 12.0. The van der Waals surface area contributed by atoms with Crippen LogP contribution in [-0.2, 0) is 16.4 Å². The van der Waals surface area contributed by atoms with E-state index < -0.39 is 50.2 Å². The molecule has 8 nitrogen and oxygen atoms in total. The molecule has 0 atom stereocenters. The number of rotatable bonds is 4. The second-order valence-corrected chi connectivity index (χ2v) is 9.61. The van der Waals surface area contributed by atoms with Crippen LogP contribution in [0, 0.1) is 17.5 Å². The zero-order chi connectivity index (χ0) is 25.8. The zero-order valence-corrected chi connectivity index (χ0v) is 19.3. The number of aromatic nitrogens is 1. The van der Waals surface area contributed by atoms with Crippen LogP contribution < -0.4 is 16.2 Å². The predicted octanol–water partition coefficient (Wildman–Crippen LogP) is 3.62. The lowest BCUT2D eigenvalue weighted by Crippen LogP contribution is -2.31. The van der Waals surface area contributed by atoms with E-state index in [1.54, 1.807) is 13.1 Å². The molecule has 4 aromatic rings. The fourth-order valence-electron chi connectivity index (χ4n) is 4.05. The van der Waals surface area contributed by atoms with Gasteiger partial charge < -0.3 is 15.7 Å². The standard InChI is InChI=1S/C24H17F3N4O4S/c1-28-14-4-6-18-20(10-14)36(34,35)30-23(29-18)21-22(32)15(8-12-2-5-16(26)17(27)9-12)19-7-3-13(25)11-31(19)24(21)33/h2-7,9-11,28,32H,8H2,1H3,(H,29,30). The molecular formula is C24H17F3N4O4S. The first kappa shape index (κ1) is 23.4. The molecule has 0 amide bonds. The molecule has 2 aromatic heterocycles. The van der Waals surface area contributed by atoms with Crippen molar-refractivity contribution in [1.82, 2.24) is 4.40 Å². The number of aromatic hydroxyl groups is 1. The Morgan fingerprint density at radius 1 is 1.06 bits per heavy atom. The number of anilines is 2. The summed E-state index contributed by atoms with van der Waals surface area (Å²) in [6.45, 7) is 0. The number of benzene rings is 2. The van der Waals surface area contributed by atoms with Crippen LogP contribution in [0.15, 0.2) is 68.8 Å². The van der Waals surface area contributed by atoms with Crippen LogP contribution in [0.25, 0.3) is 5.52 Å². The van der Waals surface area contributed by atoms with E-state index in [0.717, 1.165) is 28.8 Å². The van der Waals surface area contributed by atoms with Crippen molar-refractivity contribution in [3.8, 4) is 5.75 Å². The minimum Gasteiger partial charge on any atom is -0.507 e. The average molecular weight is 514 g/mol. The van der Waals surface area contributed by atoms with Crippen molar-refractivity contribution in [3.63, 3.8) is 0 Å². The molecular weight excluding hydrogens is 497 g/mol. The third kappa shape index (κ3) is 3.85. The van der Waals surface area contributed by atoms with E-state index in [1.165, 1.54) is 24.3 Å². The minimum atomic E-state index is -4.29. The van der Waals surface area contributed by atoms with Crippen molar-refractivity contribution in [2.45, 2.75) is 11.3 Å². The molecule has 2 aromatic carbocycles. The number of amidine groups is 1. The molecule has 12 heteroatoms. The number of hydrogen-bond donors (Lipinski definition) is 3. The molecule has 1 aliphatic rings. The number of pyridine rings is 2. The molecule has 0 unspecified atom stereocenters. The summed E-state index contributed by atoms with van der Waals surface area (Å²) in [6, 6.07) is 9.86. The van der Waals surface area contributed by atoms with Gasteiger partial charge in [-0.1, -0.05) is 6.07 Å². The van der Waals surface area contributed by atoms with E-state index in [1.807, 2.05) is 0 Å². The maximum atomic E-state index is 14.1. The Morgan fingerprint density at radius 2 is 1.83 bits per heavy atom. The Labute approximate surface area is 202 Å². The summed E-state index contributed by atoms with van der Waals surface area (Å²) in [6.07, 6.45) is 0.688. The normalized spacial score (nSPS) is 14.2. The van der Waals surface area contributed by atoms with E-state index in [2.05, 4.69) is 15.0 Å². The zero-order valence-electron chi connectivity index (χ0n) is 18.5. The highest BCUT2D eigenvalue weighted by molar-refractivity contribution is 7.90. The van der Waals surface area contributed by atoms with Gasteiger partial charge in [-0.2, -0.15) is 8.42 Å². The lowest BCUT2D eigenvalue weighted by molar-refractivity contribution is 0.466. The lowest BCUT2D eigenvalue weighted by Gasteiger charge is -2.21. The number of sulfonamides is 1. The van der Waals surface area contributed by atoms with E-state index >= 15 is 0 Å². The van der Waals surface area contributed by atoms with Crippen molar-refractivity contribution in [2.24, 2.45) is 4.40 Å². The molecule has 5 rings (SSSR count). The van der Waals surface area contributed by atoms with Crippen LogP contribution in [0.3, 0.4) is 0 Å². The molecule has 0 saturated carbocycles. The van der Waals surface area contributed by atoms with Crippen molar-refractivity contribution >= 4 is 32.8 Å². The Hall–Kier alpha value is -4.32. The summed E-state index contributed by atoms with van der Waals surface area (Å²) in [4.78, 5) is 13.2. The lowest BCUT2D eigenvalue weighted by atomic mass is 10.00. The summed E-state index contributed by atoms with van der Waals surface area (Å²) < 4.78 is 71.8. The van der Waals surface area contributed by atoms with Crippen molar-refractivity contribution in [3.05, 3.63) is 99.2 Å². The number of nitrogens with zero attached hydrogens (tertiary/aromatic N) is 2. The Kier molecular flexibility index (Phi) is 5.47. The number of fused-ring (bicyclic) bond motifs is 2. The van der Waals surface area contributed by atoms with Crippen LogP contribution >= 0.6 is 0 Å². The second kappa shape index (κ2) is 8.41. The molecule has 0 spiro atoms. The third-order valence-corrected chi connectivity index (χ3v) is 7.11. The molecule has 0 fully saturated rings. The Balaban J connectivity index is 1.75. The smallest absolute Gasteiger partial charge is 0.286 e. The molecule has 3 heterocycles. The Bertz CT molecular complexity index is 1770. The quantitative estimate of drug-likeness (QED) is 0.384. The van der Waals surface area contributed by atoms with Gasteiger partial charge in [0.05, 0.1) is 11.2 Å². The SMILES string of the molecule is CNc1ccc2c(c1)S(=O)(=O)N=C(c1c(O)c(Cc3ccc(F)c(F)c3)c3ccc(F)cn3c1=O)N2. The van der Waals surface area contributed by atoms with Crippen molar-refractivity contribution in [1.29, 1.82) is 0 Å². The van der Waals surface area contributed by atoms with Gasteiger partial charge in [-0.25, -0.2) is 13.2 Å². The Morgan fingerprint density at radius 3 is 2.56 bits per heavy atom. The van der Waals surface area contributed by atoms with E-state index in [-0.39, 0.29) is 33.6 Å². The predicted molar refractivity (Wildman–Crippen MR) is 128 cm³/mol. The molecule has 3 N–H and O–H groups in total. The summed E-state index contributed by atoms with van der Waals surface area (Å²) in [5.74, 6) is -4.04. The molecule has 0 bridgehead atoms. The summed E-state index contributed by atoms with van der Waals surface area (Å²) in [7, 11) is -2.68. The summed E-state index contributed by atoms with van der Waals surface area (Å²) in [5.41, 5.74) is -0.453. The summed E-state index contributed by atoms with van der Waals surface area (Å²) in [5, 5.41) is 16.7. The first-order chi connectivity index (χ1) is 17.1. The highest BCUT2D eigenvalue weighted by atomic mass is 32.2. The molecule has 0 aliphatic carbocycles. The molecule has 0 saturated heterocycles. The fraction of sp³-hybridized carbons (Fsp3) is 0.0833. The fourth-order valence-corrected chi connectivity index (χ4v) is 5.20. The van der Waals surface area contributed by atoms with Crippen molar-refractivity contribution < 1.29 is 26.7 Å². The third-order valence-electron chi connectivity index (χ3n) is 5.79. The van der Waals surface area contributed by atoms with Gasteiger partial charge in [0.1, 0.15) is 22.0 Å². The highest BCUT2D eigenvalue weighted by Crippen LogP contribution is 2.34. The van der Waals surface area contributed by atoms with E-state index in [0.29, 0.717) is 5.69 Å². The van der Waals surface area contributed by atoms with Crippen molar-refractivity contribution in [2.75, 3.05) is 17.7 Å². The highest BCUT2D eigenvalue weighted by Gasteiger charge is 2.30. The van der Waals surface area contributed by atoms with Gasteiger partial charge in [0.25, 0.3) is 15.6 Å². The maximum absolute atomic E-state index is 14.1. The first-order valence-electron chi connectivity index (χ1n) is 10.5. The largest absolute Gasteiger partial charge is 0.507 e. The number of halogens is 3. The number of hydrogen-bond acceptors (Lipinski definition) is 6. The maximum Gasteiger partial charge on any atom is 0.286 e. The van der Waals surface area contributed by atoms with Gasteiger partial charge >= 0.3 is 0 Å². The molecule has 36 heavy (non-hydrogen) atoms. The molecule has 184 valence electrons. The van der Waals surface area contributed by atoms with E-state index in [9.17, 15) is 31.5 Å². The van der Waals surface area contributed by atoms with Gasteiger partial charge in [-0.05, 0) is 48.0 Å². The van der Waals surface area contributed by atoms with Crippen LogP contribution in [0.4, 0.5) is 24.5 Å². The van der Waals surface area contributed by atoms with Crippen LogP contribution in [0.5, 0.6) is 5.75 Å². The molecule has 1 aliphatic heterocycles. The van der Waals surface area contributed by atoms with Crippen LogP contribution in [0.1, 0.15) is 16.7 Å². The second-order valence-electron chi connectivity index (χ2n) is 8.04. The van der Waals surface area contributed by atoms with Crippen LogP contribution in [-0.4, -0.2) is 30.8 Å². The van der Waals surface area contributed by atoms with Gasteiger partial charge in [0, 0.05) is 30.9 Å². The van der Waals surface area contributed by atoms with Gasteiger partial charge in [-0.15, -0.1) is 4.40 Å². The number of nitrogens with one attached hydrogen (secondary N) is 2. The topological polar surface area (TPSA) is 112 Å². The monoisotopic (exact) mass is 514 g/mol.